The second kappa shape index (κ2) is 11.5. The summed E-state index contributed by atoms with van der Waals surface area (Å²) in [6.45, 7) is 8.61. The Balaban J connectivity index is 2.27. The Hall–Kier alpha value is -2.29. The molecule has 1 N–H and O–H groups in total. The quantitative estimate of drug-likeness (QED) is 0.503. The topological polar surface area (TPSA) is 84.9 Å². The van der Waals surface area contributed by atoms with Crippen LogP contribution in [0.25, 0.3) is 0 Å². The molecule has 0 spiro atoms. The molecule has 1 unspecified atom stereocenters. The molecule has 0 aliphatic heterocycles. The molecule has 2 rings (SSSR count). The van der Waals surface area contributed by atoms with E-state index in [1.54, 1.807) is 33.1 Å². The minimum atomic E-state index is -3.71. The Morgan fingerprint density at radius 2 is 1.78 bits per heavy atom. The van der Waals surface area contributed by atoms with Gasteiger partial charge in [0.25, 0.3) is 5.91 Å². The lowest BCUT2D eigenvalue weighted by atomic mass is 10.1. The minimum Gasteiger partial charge on any atom is -0.493 e. The number of carbonyl (C=O) groups excluding carboxylic acids is 1. The number of nitrogens with zero attached hydrogens (tertiary/aromatic N) is 1. The summed E-state index contributed by atoms with van der Waals surface area (Å²) in [4.78, 5) is 13.0. The van der Waals surface area contributed by atoms with Crippen molar-refractivity contribution in [1.29, 1.82) is 0 Å². The number of amides is 1. The molecule has 0 fully saturated rings. The predicted molar refractivity (Wildman–Crippen MR) is 126 cm³/mol. The summed E-state index contributed by atoms with van der Waals surface area (Å²) >= 11 is 6.23. The van der Waals surface area contributed by atoms with E-state index in [1.807, 2.05) is 19.9 Å². The summed E-state index contributed by atoms with van der Waals surface area (Å²) in [6.07, 6.45) is 0.876. The minimum absolute atomic E-state index is 0.0301. The zero-order valence-electron chi connectivity index (χ0n) is 19.1. The van der Waals surface area contributed by atoms with Crippen molar-refractivity contribution in [2.75, 3.05) is 26.8 Å². The molecule has 7 nitrogen and oxygen atoms in total. The van der Waals surface area contributed by atoms with E-state index in [-0.39, 0.29) is 21.5 Å². The fourth-order valence-corrected chi connectivity index (χ4v) is 4.88. The molecule has 32 heavy (non-hydrogen) atoms. The first kappa shape index (κ1) is 26.0. The lowest BCUT2D eigenvalue weighted by Crippen LogP contribution is -2.31. The lowest BCUT2D eigenvalue weighted by molar-refractivity contribution is 0.0939. The summed E-state index contributed by atoms with van der Waals surface area (Å²) in [5.41, 5.74) is 0.906. The number of benzene rings is 2. The van der Waals surface area contributed by atoms with Gasteiger partial charge in [-0.1, -0.05) is 38.4 Å². The number of nitrogens with one attached hydrogen (secondary N) is 1. The van der Waals surface area contributed by atoms with E-state index in [0.29, 0.717) is 31.2 Å². The average molecular weight is 483 g/mol. The maximum absolute atomic E-state index is 12.9. The van der Waals surface area contributed by atoms with E-state index < -0.39 is 15.9 Å². The molecular formula is C23H31ClN2O5S. The van der Waals surface area contributed by atoms with Gasteiger partial charge in [-0.25, -0.2) is 8.42 Å². The molecule has 2 aromatic rings. The third-order valence-corrected chi connectivity index (χ3v) is 7.40. The Kier molecular flexibility index (Phi) is 9.36. The third-order valence-electron chi connectivity index (χ3n) is 5.02. The maximum Gasteiger partial charge on any atom is 0.253 e. The number of hydrogen-bond donors (Lipinski definition) is 1. The van der Waals surface area contributed by atoms with Crippen molar-refractivity contribution in [3.05, 3.63) is 52.5 Å². The van der Waals surface area contributed by atoms with Crippen LogP contribution in [0.2, 0.25) is 5.02 Å². The van der Waals surface area contributed by atoms with Crippen molar-refractivity contribution in [3.63, 3.8) is 0 Å². The highest BCUT2D eigenvalue weighted by molar-refractivity contribution is 7.89. The van der Waals surface area contributed by atoms with Gasteiger partial charge in [0.15, 0.2) is 11.5 Å². The predicted octanol–water partition coefficient (Wildman–Crippen LogP) is 4.66. The molecular weight excluding hydrogens is 452 g/mol. The second-order valence-electron chi connectivity index (χ2n) is 7.18. The number of ether oxygens (including phenoxy) is 2. The van der Waals surface area contributed by atoms with Gasteiger partial charge in [-0.15, -0.1) is 0 Å². The summed E-state index contributed by atoms with van der Waals surface area (Å²) < 4.78 is 38.1. The monoisotopic (exact) mass is 482 g/mol. The standard InChI is InChI=1S/C23H31ClN2O5S/c1-6-13-31-21-12-9-17(14-22(21)30-5)16(4)25-23(27)19-15-18(10-11-20(19)24)32(28,29)26(7-2)8-3/h9-12,14-16H,6-8,13H2,1-5H3,(H,25,27). The Bertz CT molecular complexity index is 1040. The molecule has 1 amide bonds. The van der Waals surface area contributed by atoms with Crippen molar-refractivity contribution in [1.82, 2.24) is 9.62 Å². The molecule has 9 heteroatoms. The molecule has 0 saturated heterocycles. The normalized spacial score (nSPS) is 12.5. The van der Waals surface area contributed by atoms with Crippen molar-refractivity contribution in [3.8, 4) is 11.5 Å². The largest absolute Gasteiger partial charge is 0.493 e. The highest BCUT2D eigenvalue weighted by Gasteiger charge is 2.24. The van der Waals surface area contributed by atoms with E-state index in [1.165, 1.54) is 22.5 Å². The van der Waals surface area contributed by atoms with Gasteiger partial charge in [-0.3, -0.25) is 4.79 Å². The number of halogens is 1. The number of rotatable bonds is 11. The molecule has 0 saturated carbocycles. The van der Waals surface area contributed by atoms with E-state index in [0.717, 1.165) is 12.0 Å². The van der Waals surface area contributed by atoms with Gasteiger partial charge in [0.2, 0.25) is 10.0 Å². The Morgan fingerprint density at radius 1 is 1.09 bits per heavy atom. The smallest absolute Gasteiger partial charge is 0.253 e. The molecule has 0 aliphatic rings. The first-order valence-electron chi connectivity index (χ1n) is 10.6. The number of methoxy groups -OCH3 is 1. The third kappa shape index (κ3) is 5.94. The highest BCUT2D eigenvalue weighted by atomic mass is 35.5. The molecule has 0 radical (unpaired) electrons. The summed E-state index contributed by atoms with van der Waals surface area (Å²) in [5.74, 6) is 0.737. The lowest BCUT2D eigenvalue weighted by Gasteiger charge is -2.20. The molecule has 0 aliphatic carbocycles. The SMILES string of the molecule is CCCOc1ccc(C(C)NC(=O)c2cc(S(=O)(=O)N(CC)CC)ccc2Cl)cc1OC. The van der Waals surface area contributed by atoms with Gasteiger partial charge < -0.3 is 14.8 Å². The van der Waals surface area contributed by atoms with Crippen LogP contribution in [0.3, 0.4) is 0 Å². The maximum atomic E-state index is 12.9. The number of carbonyl (C=O) groups is 1. The summed E-state index contributed by atoms with van der Waals surface area (Å²) in [7, 11) is -2.15. The van der Waals surface area contributed by atoms with Crippen LogP contribution in [0.1, 0.15) is 56.1 Å². The second-order valence-corrected chi connectivity index (χ2v) is 9.53. The van der Waals surface area contributed by atoms with Crippen LogP contribution in [-0.4, -0.2) is 45.4 Å². The fourth-order valence-electron chi connectivity index (χ4n) is 3.19. The van der Waals surface area contributed by atoms with Gasteiger partial charge in [-0.05, 0) is 49.2 Å². The van der Waals surface area contributed by atoms with Crippen LogP contribution in [0.15, 0.2) is 41.3 Å². The van der Waals surface area contributed by atoms with E-state index in [2.05, 4.69) is 5.32 Å². The van der Waals surface area contributed by atoms with Gasteiger partial charge in [0, 0.05) is 13.1 Å². The van der Waals surface area contributed by atoms with Gasteiger partial charge in [0.1, 0.15) is 0 Å². The van der Waals surface area contributed by atoms with E-state index >= 15 is 0 Å². The Labute approximate surface area is 195 Å². The number of hydrogen-bond acceptors (Lipinski definition) is 5. The van der Waals surface area contributed by atoms with Crippen molar-refractivity contribution in [2.24, 2.45) is 0 Å². The molecule has 176 valence electrons. The molecule has 1 atom stereocenters. The van der Waals surface area contributed by atoms with Gasteiger partial charge in [0.05, 0.1) is 35.2 Å². The zero-order valence-corrected chi connectivity index (χ0v) is 20.7. The van der Waals surface area contributed by atoms with Crippen LogP contribution in [0.5, 0.6) is 11.5 Å². The van der Waals surface area contributed by atoms with Crippen molar-refractivity contribution < 1.29 is 22.7 Å². The van der Waals surface area contributed by atoms with Crippen LogP contribution in [0, 0.1) is 0 Å². The van der Waals surface area contributed by atoms with E-state index in [4.69, 9.17) is 21.1 Å². The average Bonchev–Trinajstić information content (AvgIpc) is 2.78. The molecule has 0 bridgehead atoms. The van der Waals surface area contributed by atoms with Crippen molar-refractivity contribution >= 4 is 27.5 Å². The molecule has 2 aromatic carbocycles. The first-order chi connectivity index (χ1) is 15.2. The van der Waals surface area contributed by atoms with Crippen LogP contribution < -0.4 is 14.8 Å². The fraction of sp³-hybridized carbons (Fsp3) is 0.435. The number of sulfonamides is 1. The summed E-state index contributed by atoms with van der Waals surface area (Å²) in [6, 6.07) is 9.24. The highest BCUT2D eigenvalue weighted by Crippen LogP contribution is 2.31. The van der Waals surface area contributed by atoms with E-state index in [9.17, 15) is 13.2 Å². The molecule has 0 heterocycles. The summed E-state index contributed by atoms with van der Waals surface area (Å²) in [5, 5.41) is 3.05. The van der Waals surface area contributed by atoms with Gasteiger partial charge >= 0.3 is 0 Å². The molecule has 0 aromatic heterocycles. The van der Waals surface area contributed by atoms with Crippen LogP contribution in [0.4, 0.5) is 0 Å². The van der Waals surface area contributed by atoms with Crippen molar-refractivity contribution in [2.45, 2.75) is 45.1 Å². The van der Waals surface area contributed by atoms with Crippen LogP contribution >= 0.6 is 11.6 Å². The Morgan fingerprint density at radius 3 is 2.38 bits per heavy atom. The van der Waals surface area contributed by atoms with Crippen LogP contribution in [-0.2, 0) is 10.0 Å². The first-order valence-corrected chi connectivity index (χ1v) is 12.4. The van der Waals surface area contributed by atoms with Gasteiger partial charge in [-0.2, -0.15) is 4.31 Å². The zero-order chi connectivity index (χ0) is 23.9.